The van der Waals surface area contributed by atoms with Crippen LogP contribution in [0.1, 0.15) is 41.6 Å². The highest BCUT2D eigenvalue weighted by Crippen LogP contribution is 2.27. The summed E-state index contributed by atoms with van der Waals surface area (Å²) in [5, 5.41) is 3.00. The second kappa shape index (κ2) is 7.31. The number of rotatable bonds is 5. The van der Waals surface area contributed by atoms with Crippen molar-refractivity contribution in [2.24, 2.45) is 0 Å². The van der Waals surface area contributed by atoms with E-state index in [4.69, 9.17) is 4.98 Å². The summed E-state index contributed by atoms with van der Waals surface area (Å²) in [5.41, 5.74) is 4.29. The summed E-state index contributed by atoms with van der Waals surface area (Å²) >= 11 is 0. The lowest BCUT2D eigenvalue weighted by Crippen LogP contribution is -2.22. The first-order chi connectivity index (χ1) is 13.5. The molecule has 1 N–H and O–H groups in total. The molecule has 0 atom stereocenters. The molecule has 0 saturated heterocycles. The maximum absolute atomic E-state index is 12.9. The zero-order valence-corrected chi connectivity index (χ0v) is 16.3. The lowest BCUT2D eigenvalue weighted by Gasteiger charge is -2.07. The van der Waals surface area contributed by atoms with Gasteiger partial charge in [-0.15, -0.1) is 0 Å². The third-order valence-corrected chi connectivity index (χ3v) is 4.86. The van der Waals surface area contributed by atoms with Gasteiger partial charge in [0.1, 0.15) is 11.5 Å². The molecule has 0 spiro atoms. The lowest BCUT2D eigenvalue weighted by molar-refractivity contribution is 0.0952. The van der Waals surface area contributed by atoms with Crippen LogP contribution in [0.25, 0.3) is 16.9 Å². The molecule has 4 rings (SSSR count). The number of hydrogen-bond donors (Lipinski definition) is 1. The van der Waals surface area contributed by atoms with Gasteiger partial charge < -0.3 is 14.3 Å². The molecular formula is C22H23N5O. The molecule has 1 amide bonds. The minimum atomic E-state index is -0.105. The van der Waals surface area contributed by atoms with Crippen molar-refractivity contribution in [3.63, 3.8) is 0 Å². The van der Waals surface area contributed by atoms with Crippen LogP contribution in [0.5, 0.6) is 0 Å². The Kier molecular flexibility index (Phi) is 4.69. The summed E-state index contributed by atoms with van der Waals surface area (Å²) in [7, 11) is 0. The molecule has 6 nitrogen and oxygen atoms in total. The number of imidazole rings is 1. The number of pyridine rings is 2. The summed E-state index contributed by atoms with van der Waals surface area (Å²) in [6.07, 6.45) is 7.46. The van der Waals surface area contributed by atoms with Crippen LogP contribution in [0.4, 0.5) is 0 Å². The van der Waals surface area contributed by atoms with Gasteiger partial charge in [-0.25, -0.2) is 4.98 Å². The van der Waals surface area contributed by atoms with E-state index in [0.29, 0.717) is 18.2 Å². The monoisotopic (exact) mass is 373 g/mol. The molecule has 4 aromatic heterocycles. The van der Waals surface area contributed by atoms with Gasteiger partial charge in [-0.3, -0.25) is 9.78 Å². The van der Waals surface area contributed by atoms with E-state index in [-0.39, 0.29) is 5.91 Å². The first-order valence-corrected chi connectivity index (χ1v) is 9.37. The third kappa shape index (κ3) is 3.29. The number of nitrogens with one attached hydrogen (secondary N) is 1. The summed E-state index contributed by atoms with van der Waals surface area (Å²) < 4.78 is 4.16. The lowest BCUT2D eigenvalue weighted by atomic mass is 10.2. The van der Waals surface area contributed by atoms with Crippen LogP contribution in [0.3, 0.4) is 0 Å². The summed E-state index contributed by atoms with van der Waals surface area (Å²) in [6, 6.07) is 11.9. The number of amides is 1. The Bertz CT molecular complexity index is 1120. The zero-order valence-electron chi connectivity index (χ0n) is 16.3. The van der Waals surface area contributed by atoms with Crippen LogP contribution in [0.2, 0.25) is 0 Å². The second-order valence-corrected chi connectivity index (χ2v) is 7.11. The van der Waals surface area contributed by atoms with E-state index >= 15 is 0 Å². The molecule has 0 aromatic carbocycles. The van der Waals surface area contributed by atoms with Crippen molar-refractivity contribution in [2.45, 2.75) is 33.4 Å². The molecule has 0 radical (unpaired) electrons. The van der Waals surface area contributed by atoms with Crippen LogP contribution in [-0.2, 0) is 6.54 Å². The van der Waals surface area contributed by atoms with E-state index in [0.717, 1.165) is 28.3 Å². The number of fused-ring (bicyclic) bond motifs is 1. The molecular weight excluding hydrogens is 350 g/mol. The number of aryl methyl sites for hydroxylation is 1. The van der Waals surface area contributed by atoms with Crippen LogP contribution < -0.4 is 5.32 Å². The van der Waals surface area contributed by atoms with Gasteiger partial charge in [0, 0.05) is 37.4 Å². The van der Waals surface area contributed by atoms with Crippen molar-refractivity contribution >= 4 is 11.4 Å². The minimum Gasteiger partial charge on any atom is -0.348 e. The van der Waals surface area contributed by atoms with Crippen molar-refractivity contribution in [2.75, 3.05) is 0 Å². The van der Waals surface area contributed by atoms with E-state index in [1.807, 2.05) is 60.1 Å². The number of carbonyl (C=O) groups is 1. The van der Waals surface area contributed by atoms with Gasteiger partial charge in [-0.2, -0.15) is 0 Å². The highest BCUT2D eigenvalue weighted by atomic mass is 16.1. The summed E-state index contributed by atoms with van der Waals surface area (Å²) in [6.45, 7) is 6.73. The topological polar surface area (TPSA) is 64.2 Å². The molecule has 28 heavy (non-hydrogen) atoms. The fraction of sp³-hybridized carbons (Fsp3) is 0.227. The number of nitrogens with zero attached hydrogens (tertiary/aromatic N) is 4. The molecule has 4 heterocycles. The molecule has 0 saturated carbocycles. The summed E-state index contributed by atoms with van der Waals surface area (Å²) in [5.74, 6) is 0.853. The zero-order chi connectivity index (χ0) is 19.7. The predicted molar refractivity (Wildman–Crippen MR) is 109 cm³/mol. The molecule has 0 unspecified atom stereocenters. The van der Waals surface area contributed by atoms with E-state index in [1.54, 1.807) is 12.4 Å². The Balaban J connectivity index is 1.70. The number of hydrogen-bond acceptors (Lipinski definition) is 3. The number of carbonyl (C=O) groups excluding carboxylic acids is 1. The van der Waals surface area contributed by atoms with Crippen molar-refractivity contribution in [3.8, 4) is 11.4 Å². The van der Waals surface area contributed by atoms with Crippen LogP contribution in [0, 0.1) is 6.92 Å². The van der Waals surface area contributed by atoms with Gasteiger partial charge in [0.25, 0.3) is 5.91 Å². The Morgan fingerprint density at radius 2 is 1.96 bits per heavy atom. The van der Waals surface area contributed by atoms with Crippen LogP contribution in [0.15, 0.2) is 61.2 Å². The number of aromatic nitrogens is 4. The first kappa shape index (κ1) is 18.0. The minimum absolute atomic E-state index is 0.105. The van der Waals surface area contributed by atoms with Crippen LogP contribution >= 0.6 is 0 Å². The average Bonchev–Trinajstić information content (AvgIpc) is 3.28. The maximum Gasteiger partial charge on any atom is 0.253 e. The highest BCUT2D eigenvalue weighted by Gasteiger charge is 2.18. The van der Waals surface area contributed by atoms with E-state index in [2.05, 4.69) is 28.7 Å². The maximum atomic E-state index is 12.9. The molecule has 4 aromatic rings. The summed E-state index contributed by atoms with van der Waals surface area (Å²) in [4.78, 5) is 21.6. The smallest absolute Gasteiger partial charge is 0.253 e. The molecule has 0 aliphatic rings. The van der Waals surface area contributed by atoms with Crippen molar-refractivity contribution in [1.29, 1.82) is 0 Å². The Hall–Kier alpha value is -3.41. The van der Waals surface area contributed by atoms with Gasteiger partial charge >= 0.3 is 0 Å². The van der Waals surface area contributed by atoms with E-state index < -0.39 is 0 Å². The quantitative estimate of drug-likeness (QED) is 0.575. The van der Waals surface area contributed by atoms with E-state index in [1.165, 1.54) is 0 Å². The molecule has 0 fully saturated rings. The molecule has 142 valence electrons. The van der Waals surface area contributed by atoms with Gasteiger partial charge in [0.15, 0.2) is 0 Å². The average molecular weight is 373 g/mol. The standard InChI is InChI=1S/C22H23N5O/c1-15(2)27-14-19(25-16(27)3)21-12-18(20-6-4-5-11-26(20)21)22(28)24-13-17-7-9-23-10-8-17/h4-12,14-15H,13H2,1-3H3,(H,24,28). The van der Waals surface area contributed by atoms with Gasteiger partial charge in [0.05, 0.1) is 16.8 Å². The normalized spacial score (nSPS) is 11.3. The highest BCUT2D eigenvalue weighted by molar-refractivity contribution is 6.02. The first-order valence-electron chi connectivity index (χ1n) is 9.37. The van der Waals surface area contributed by atoms with Crippen molar-refractivity contribution < 1.29 is 4.79 Å². The Morgan fingerprint density at radius 3 is 2.68 bits per heavy atom. The van der Waals surface area contributed by atoms with Gasteiger partial charge in [0.2, 0.25) is 0 Å². The largest absolute Gasteiger partial charge is 0.348 e. The molecule has 0 aliphatic heterocycles. The second-order valence-electron chi connectivity index (χ2n) is 7.11. The molecule has 0 aliphatic carbocycles. The fourth-order valence-electron chi connectivity index (χ4n) is 3.44. The van der Waals surface area contributed by atoms with Crippen LogP contribution in [-0.4, -0.2) is 24.8 Å². The third-order valence-electron chi connectivity index (χ3n) is 4.86. The van der Waals surface area contributed by atoms with Crippen molar-refractivity contribution in [1.82, 2.24) is 24.3 Å². The SMILES string of the molecule is Cc1nc(-c2cc(C(=O)NCc3ccncc3)c3ccccn23)cn1C(C)C. The van der Waals surface area contributed by atoms with Gasteiger partial charge in [-0.1, -0.05) is 6.07 Å². The van der Waals surface area contributed by atoms with E-state index in [9.17, 15) is 4.79 Å². The molecule has 6 heteroatoms. The van der Waals surface area contributed by atoms with Crippen molar-refractivity contribution in [3.05, 3.63) is 78.1 Å². The predicted octanol–water partition coefficient (Wildman–Crippen LogP) is 4.02. The van der Waals surface area contributed by atoms with Gasteiger partial charge in [-0.05, 0) is 56.7 Å². The fourth-order valence-corrected chi connectivity index (χ4v) is 3.44. The Labute approximate surface area is 163 Å². The Morgan fingerprint density at radius 1 is 1.18 bits per heavy atom. The molecule has 0 bridgehead atoms.